The molecule has 0 atom stereocenters. The van der Waals surface area contributed by atoms with Crippen LogP contribution in [0.2, 0.25) is 0 Å². The Bertz CT molecular complexity index is 1390. The molecule has 2 aromatic carbocycles. The van der Waals surface area contributed by atoms with Gasteiger partial charge in [-0.1, -0.05) is 36.0 Å². The van der Waals surface area contributed by atoms with Gasteiger partial charge in [-0.3, -0.25) is 14.2 Å². The largest absolute Gasteiger partial charge is 0.325 e. The van der Waals surface area contributed by atoms with Crippen molar-refractivity contribution in [2.45, 2.75) is 38.3 Å². The number of hydrogen-bond donors (Lipinski definition) is 1. The zero-order valence-electron chi connectivity index (χ0n) is 18.0. The molecule has 32 heavy (non-hydrogen) atoms. The van der Waals surface area contributed by atoms with Crippen LogP contribution in [0.5, 0.6) is 0 Å². The van der Waals surface area contributed by atoms with Crippen LogP contribution in [-0.2, 0) is 17.6 Å². The van der Waals surface area contributed by atoms with E-state index in [1.165, 1.54) is 22.2 Å². The van der Waals surface area contributed by atoms with Crippen molar-refractivity contribution in [3.8, 4) is 5.69 Å². The van der Waals surface area contributed by atoms with E-state index in [9.17, 15) is 9.59 Å². The number of carbonyl (C=O) groups is 1. The summed E-state index contributed by atoms with van der Waals surface area (Å²) >= 11 is 2.91. The van der Waals surface area contributed by atoms with E-state index in [0.29, 0.717) is 5.16 Å². The molecule has 5 rings (SSSR count). The highest BCUT2D eigenvalue weighted by atomic mass is 32.2. The van der Waals surface area contributed by atoms with Gasteiger partial charge in [0.15, 0.2) is 5.16 Å². The minimum absolute atomic E-state index is 0.0438. The van der Waals surface area contributed by atoms with Crippen molar-refractivity contribution in [1.29, 1.82) is 0 Å². The highest BCUT2D eigenvalue weighted by molar-refractivity contribution is 7.99. The minimum Gasteiger partial charge on any atom is -0.325 e. The highest BCUT2D eigenvalue weighted by Gasteiger charge is 2.24. The number of benzene rings is 2. The third kappa shape index (κ3) is 3.87. The topological polar surface area (TPSA) is 64.0 Å². The molecule has 2 aromatic heterocycles. The van der Waals surface area contributed by atoms with E-state index in [1.54, 1.807) is 15.9 Å². The molecule has 0 radical (unpaired) electrons. The molecule has 1 aliphatic carbocycles. The number of aromatic nitrogens is 2. The first kappa shape index (κ1) is 21.0. The molecule has 0 saturated carbocycles. The third-order valence-corrected chi connectivity index (χ3v) is 7.97. The summed E-state index contributed by atoms with van der Waals surface area (Å²) in [4.78, 5) is 33.1. The molecule has 1 aliphatic rings. The van der Waals surface area contributed by atoms with Crippen molar-refractivity contribution in [1.82, 2.24) is 9.55 Å². The second kappa shape index (κ2) is 8.56. The molecule has 162 valence electrons. The molecule has 7 heteroatoms. The molecule has 0 fully saturated rings. The Morgan fingerprint density at radius 1 is 1.12 bits per heavy atom. The molecule has 1 amide bonds. The first-order valence-electron chi connectivity index (χ1n) is 10.6. The van der Waals surface area contributed by atoms with Crippen molar-refractivity contribution < 1.29 is 4.79 Å². The molecule has 4 aromatic rings. The normalized spacial score (nSPS) is 12.8. The monoisotopic (exact) mass is 461 g/mol. The molecule has 5 nitrogen and oxygen atoms in total. The average Bonchev–Trinajstić information content (AvgIpc) is 3.36. The van der Waals surface area contributed by atoms with Crippen LogP contribution in [0.15, 0.2) is 58.5 Å². The van der Waals surface area contributed by atoms with Crippen molar-refractivity contribution >= 4 is 44.9 Å². The lowest BCUT2D eigenvalue weighted by Gasteiger charge is -2.13. The molecule has 0 spiro atoms. The van der Waals surface area contributed by atoms with Crippen LogP contribution in [0, 0.1) is 13.8 Å². The molecule has 2 heterocycles. The van der Waals surface area contributed by atoms with Gasteiger partial charge < -0.3 is 5.32 Å². The van der Waals surface area contributed by atoms with Crippen molar-refractivity contribution in [3.63, 3.8) is 0 Å². The lowest BCUT2D eigenvalue weighted by atomic mass is 10.1. The zero-order chi connectivity index (χ0) is 22.2. The summed E-state index contributed by atoms with van der Waals surface area (Å²) < 4.78 is 1.65. The number of rotatable bonds is 5. The number of thioether (sulfide) groups is 1. The Balaban J connectivity index is 1.48. The summed E-state index contributed by atoms with van der Waals surface area (Å²) in [5, 5.41) is 4.24. The summed E-state index contributed by atoms with van der Waals surface area (Å²) in [6.45, 7) is 4.07. The van der Waals surface area contributed by atoms with Gasteiger partial charge in [-0.25, -0.2) is 4.98 Å². The van der Waals surface area contributed by atoms with Crippen LogP contribution in [0.25, 0.3) is 15.9 Å². The zero-order valence-corrected chi connectivity index (χ0v) is 19.6. The van der Waals surface area contributed by atoms with Crippen LogP contribution in [0.3, 0.4) is 0 Å². The predicted molar refractivity (Wildman–Crippen MR) is 133 cm³/mol. The number of carbonyl (C=O) groups excluding carboxylic acids is 1. The smallest absolute Gasteiger partial charge is 0.267 e. The second-order valence-corrected chi connectivity index (χ2v) is 10.1. The summed E-state index contributed by atoms with van der Waals surface area (Å²) in [7, 11) is 0. The number of anilines is 1. The maximum Gasteiger partial charge on any atom is 0.267 e. The van der Waals surface area contributed by atoms with Gasteiger partial charge in [0.1, 0.15) is 4.83 Å². The Morgan fingerprint density at radius 3 is 2.72 bits per heavy atom. The number of thiophene rings is 1. The molecule has 0 aliphatic heterocycles. The molecule has 0 saturated heterocycles. The van der Waals surface area contributed by atoms with Gasteiger partial charge in [0.25, 0.3) is 5.56 Å². The van der Waals surface area contributed by atoms with Crippen LogP contribution < -0.4 is 10.9 Å². The maximum absolute atomic E-state index is 13.6. The van der Waals surface area contributed by atoms with E-state index in [-0.39, 0.29) is 17.2 Å². The van der Waals surface area contributed by atoms with Gasteiger partial charge in [0, 0.05) is 10.6 Å². The standard InChI is InChI=1S/C25H23N3O2S2/c1-15-11-12-17(13-16(15)2)26-21(29)14-31-25-27-23-22(19-9-6-10-20(19)32-23)24(30)28(25)18-7-4-3-5-8-18/h3-5,7-8,11-13H,6,9-10,14H2,1-2H3,(H,26,29). The first-order chi connectivity index (χ1) is 15.5. The van der Waals surface area contributed by atoms with Crippen molar-refractivity contribution in [3.05, 3.63) is 80.5 Å². The average molecular weight is 462 g/mol. The van der Waals surface area contributed by atoms with E-state index in [1.807, 2.05) is 62.4 Å². The lowest BCUT2D eigenvalue weighted by Crippen LogP contribution is -2.23. The van der Waals surface area contributed by atoms with E-state index in [0.717, 1.165) is 52.0 Å². The SMILES string of the molecule is Cc1ccc(NC(=O)CSc2nc3sc4c(c3c(=O)n2-c2ccccc2)CCC4)cc1C. The Morgan fingerprint density at radius 2 is 1.94 bits per heavy atom. The van der Waals surface area contributed by atoms with Gasteiger partial charge in [0.05, 0.1) is 16.8 Å². The van der Waals surface area contributed by atoms with Crippen LogP contribution >= 0.6 is 23.1 Å². The van der Waals surface area contributed by atoms with E-state index in [4.69, 9.17) is 4.98 Å². The number of fused-ring (bicyclic) bond motifs is 3. The van der Waals surface area contributed by atoms with Gasteiger partial charge in [-0.15, -0.1) is 11.3 Å². The van der Waals surface area contributed by atoms with Gasteiger partial charge in [-0.05, 0) is 74.1 Å². The minimum atomic E-state index is -0.124. The number of aryl methyl sites for hydroxylation is 4. The number of nitrogens with zero attached hydrogens (tertiary/aromatic N) is 2. The van der Waals surface area contributed by atoms with E-state index >= 15 is 0 Å². The second-order valence-electron chi connectivity index (χ2n) is 8.04. The molecule has 0 bridgehead atoms. The Hall–Kier alpha value is -2.90. The maximum atomic E-state index is 13.6. The quantitative estimate of drug-likeness (QED) is 0.324. The Labute approximate surface area is 194 Å². The van der Waals surface area contributed by atoms with Gasteiger partial charge >= 0.3 is 0 Å². The van der Waals surface area contributed by atoms with Gasteiger partial charge in [0.2, 0.25) is 5.91 Å². The number of amides is 1. The van der Waals surface area contributed by atoms with Crippen LogP contribution in [0.1, 0.15) is 28.0 Å². The summed E-state index contributed by atoms with van der Waals surface area (Å²) in [6, 6.07) is 15.4. The number of para-hydroxylation sites is 1. The van der Waals surface area contributed by atoms with Gasteiger partial charge in [-0.2, -0.15) is 0 Å². The summed E-state index contributed by atoms with van der Waals surface area (Å²) in [5.74, 6) is 0.0453. The first-order valence-corrected chi connectivity index (χ1v) is 12.4. The Kier molecular flexibility index (Phi) is 5.61. The van der Waals surface area contributed by atoms with Crippen molar-refractivity contribution in [2.24, 2.45) is 0 Å². The number of nitrogens with one attached hydrogen (secondary N) is 1. The fourth-order valence-corrected chi connectivity index (χ4v) is 6.19. The predicted octanol–water partition coefficient (Wildman–Crippen LogP) is 5.28. The fourth-order valence-electron chi connectivity index (χ4n) is 4.07. The summed E-state index contributed by atoms with van der Waals surface area (Å²) in [6.07, 6.45) is 3.05. The highest BCUT2D eigenvalue weighted by Crippen LogP contribution is 2.36. The van der Waals surface area contributed by atoms with Crippen molar-refractivity contribution in [2.75, 3.05) is 11.1 Å². The third-order valence-electron chi connectivity index (χ3n) is 5.85. The molecular formula is C25H23N3O2S2. The molecular weight excluding hydrogens is 438 g/mol. The van der Waals surface area contributed by atoms with Crippen LogP contribution in [-0.4, -0.2) is 21.2 Å². The lowest BCUT2D eigenvalue weighted by molar-refractivity contribution is -0.113. The molecule has 0 unspecified atom stereocenters. The van der Waals surface area contributed by atoms with Crippen LogP contribution in [0.4, 0.5) is 5.69 Å². The summed E-state index contributed by atoms with van der Waals surface area (Å²) in [5.41, 5.74) is 4.98. The fraction of sp³-hybridized carbons (Fsp3) is 0.240. The number of hydrogen-bond acceptors (Lipinski definition) is 5. The molecule has 1 N–H and O–H groups in total. The van der Waals surface area contributed by atoms with E-state index < -0.39 is 0 Å². The van der Waals surface area contributed by atoms with E-state index in [2.05, 4.69) is 5.32 Å².